The normalized spacial score (nSPS) is 28.4. The Balaban J connectivity index is 1.61. The zero-order valence-electron chi connectivity index (χ0n) is 20.0. The van der Waals surface area contributed by atoms with Gasteiger partial charge in [0.1, 0.15) is 6.10 Å². The summed E-state index contributed by atoms with van der Waals surface area (Å²) in [5, 5.41) is 0. The average Bonchev–Trinajstić information content (AvgIpc) is 3.11. The molecule has 7 heteroatoms. The molecule has 0 spiro atoms. The van der Waals surface area contributed by atoms with Gasteiger partial charge in [-0.1, -0.05) is 26.0 Å². The Bertz CT molecular complexity index is 1140. The first-order valence-electron chi connectivity index (χ1n) is 11.8. The van der Waals surface area contributed by atoms with Crippen molar-refractivity contribution in [1.29, 1.82) is 0 Å². The molecular formula is C27H30N2O5. The first kappa shape index (κ1) is 22.4. The van der Waals surface area contributed by atoms with Crippen LogP contribution in [0.5, 0.6) is 11.5 Å². The molecule has 0 N–H and O–H groups in total. The van der Waals surface area contributed by atoms with E-state index in [0.29, 0.717) is 29.5 Å². The number of rotatable bonds is 5. The number of pyridine rings is 1. The molecule has 2 aromatic rings. The maximum Gasteiger partial charge on any atom is 0.290 e. The van der Waals surface area contributed by atoms with E-state index in [9.17, 15) is 9.59 Å². The molecule has 0 bridgehead atoms. The molecule has 1 amide bonds. The van der Waals surface area contributed by atoms with E-state index >= 15 is 0 Å². The minimum absolute atomic E-state index is 0.0338. The van der Waals surface area contributed by atoms with Crippen molar-refractivity contribution in [2.45, 2.75) is 45.4 Å². The third-order valence-corrected chi connectivity index (χ3v) is 7.33. The fraction of sp³-hybridized carbons (Fsp3) is 0.444. The molecule has 5 rings (SSSR count). The van der Waals surface area contributed by atoms with Crippen LogP contribution in [0.2, 0.25) is 0 Å². The summed E-state index contributed by atoms with van der Waals surface area (Å²) in [5.41, 5.74) is 2.13. The van der Waals surface area contributed by atoms with Gasteiger partial charge in [0.2, 0.25) is 0 Å². The van der Waals surface area contributed by atoms with Crippen molar-refractivity contribution in [1.82, 2.24) is 9.88 Å². The summed E-state index contributed by atoms with van der Waals surface area (Å²) in [6, 6.07) is 8.74. The Morgan fingerprint density at radius 3 is 2.59 bits per heavy atom. The van der Waals surface area contributed by atoms with Gasteiger partial charge >= 0.3 is 0 Å². The molecule has 1 fully saturated rings. The molecular weight excluding hydrogens is 432 g/mol. The highest BCUT2D eigenvalue weighted by Gasteiger charge is 2.54. The highest BCUT2D eigenvalue weighted by Crippen LogP contribution is 2.50. The van der Waals surface area contributed by atoms with Gasteiger partial charge in [-0.2, -0.15) is 0 Å². The van der Waals surface area contributed by atoms with E-state index in [-0.39, 0.29) is 35.4 Å². The Kier molecular flexibility index (Phi) is 5.80. The summed E-state index contributed by atoms with van der Waals surface area (Å²) in [6.07, 6.45) is 4.95. The number of methoxy groups -OCH3 is 2. The minimum Gasteiger partial charge on any atom is -0.493 e. The van der Waals surface area contributed by atoms with E-state index in [1.54, 1.807) is 37.6 Å². The summed E-state index contributed by atoms with van der Waals surface area (Å²) in [6.45, 7) is 4.62. The van der Waals surface area contributed by atoms with Gasteiger partial charge in [0.15, 0.2) is 23.0 Å². The van der Waals surface area contributed by atoms with Crippen molar-refractivity contribution < 1.29 is 23.8 Å². The van der Waals surface area contributed by atoms with E-state index in [0.717, 1.165) is 24.0 Å². The van der Waals surface area contributed by atoms with Gasteiger partial charge in [-0.25, -0.2) is 0 Å². The van der Waals surface area contributed by atoms with Crippen molar-refractivity contribution >= 4 is 11.7 Å². The number of benzene rings is 1. The third kappa shape index (κ3) is 3.63. The largest absolute Gasteiger partial charge is 0.493 e. The van der Waals surface area contributed by atoms with Gasteiger partial charge in [0.25, 0.3) is 5.91 Å². The molecule has 3 aliphatic rings. The van der Waals surface area contributed by atoms with Crippen LogP contribution >= 0.6 is 0 Å². The van der Waals surface area contributed by atoms with Gasteiger partial charge in [-0.15, -0.1) is 0 Å². The van der Waals surface area contributed by atoms with Crippen molar-refractivity contribution in [3.05, 3.63) is 65.2 Å². The number of ether oxygens (including phenoxy) is 3. The lowest BCUT2D eigenvalue weighted by molar-refractivity contribution is -0.139. The fourth-order valence-electron chi connectivity index (χ4n) is 5.84. The lowest BCUT2D eigenvalue weighted by Crippen LogP contribution is -2.45. The lowest BCUT2D eigenvalue weighted by Gasteiger charge is -2.41. The first-order chi connectivity index (χ1) is 16.4. The van der Waals surface area contributed by atoms with Crippen LogP contribution in [-0.4, -0.2) is 41.9 Å². The second kappa shape index (κ2) is 8.78. The summed E-state index contributed by atoms with van der Waals surface area (Å²) in [7, 11) is 3.15. The predicted octanol–water partition coefficient (Wildman–Crippen LogP) is 4.09. The zero-order chi connectivity index (χ0) is 24.0. The van der Waals surface area contributed by atoms with Crippen LogP contribution in [0.15, 0.2) is 54.1 Å². The second-order valence-corrected chi connectivity index (χ2v) is 9.66. The molecule has 0 radical (unpaired) electrons. The molecule has 1 aromatic heterocycles. The number of ketones is 1. The number of amides is 1. The Morgan fingerprint density at radius 1 is 1.09 bits per heavy atom. The summed E-state index contributed by atoms with van der Waals surface area (Å²) in [5.74, 6) is 1.54. The molecule has 5 unspecified atom stereocenters. The van der Waals surface area contributed by atoms with Gasteiger partial charge in [-0.05, 0) is 54.0 Å². The number of Topliss-reactive ketones (excluding diaryl/α,β-unsaturated/α-hetero) is 1. The van der Waals surface area contributed by atoms with Crippen molar-refractivity contribution in [3.63, 3.8) is 0 Å². The molecule has 178 valence electrons. The molecule has 5 atom stereocenters. The Hall–Kier alpha value is -3.35. The first-order valence-corrected chi connectivity index (χ1v) is 11.8. The van der Waals surface area contributed by atoms with Gasteiger partial charge in [0.05, 0.1) is 31.8 Å². The van der Waals surface area contributed by atoms with E-state index in [2.05, 4.69) is 18.8 Å². The van der Waals surface area contributed by atoms with Crippen molar-refractivity contribution in [2.75, 3.05) is 14.2 Å². The Labute approximate surface area is 199 Å². The number of hydrogen-bond acceptors (Lipinski definition) is 6. The SMILES string of the molecule is COc1ccc(C2C3=C(OC4C(C)CC(C)CC4C3=O)C(=O)N2Cc2cccnc2)cc1OC. The molecule has 1 saturated carbocycles. The third-order valence-electron chi connectivity index (χ3n) is 7.33. The van der Waals surface area contributed by atoms with Crippen LogP contribution in [0.25, 0.3) is 0 Å². The number of hydrogen-bond donors (Lipinski definition) is 0. The molecule has 3 heterocycles. The number of nitrogens with zero attached hydrogens (tertiary/aromatic N) is 2. The number of carbonyl (C=O) groups excluding carboxylic acids is 2. The van der Waals surface area contributed by atoms with Crippen LogP contribution in [-0.2, 0) is 20.9 Å². The maximum atomic E-state index is 14.0. The topological polar surface area (TPSA) is 78.0 Å². The van der Waals surface area contributed by atoms with Crippen molar-refractivity contribution in [2.24, 2.45) is 17.8 Å². The second-order valence-electron chi connectivity index (χ2n) is 9.66. The smallest absolute Gasteiger partial charge is 0.290 e. The molecule has 1 aliphatic carbocycles. The number of carbonyl (C=O) groups is 2. The highest BCUT2D eigenvalue weighted by molar-refractivity contribution is 6.11. The number of fused-ring (bicyclic) bond motifs is 1. The van der Waals surface area contributed by atoms with Gasteiger partial charge in [0, 0.05) is 18.9 Å². The van der Waals surface area contributed by atoms with Crippen LogP contribution in [0.4, 0.5) is 0 Å². The number of aromatic nitrogens is 1. The lowest BCUT2D eigenvalue weighted by atomic mass is 9.70. The summed E-state index contributed by atoms with van der Waals surface area (Å²) in [4.78, 5) is 33.6. The van der Waals surface area contributed by atoms with Crippen LogP contribution in [0, 0.1) is 17.8 Å². The monoisotopic (exact) mass is 462 g/mol. The quantitative estimate of drug-likeness (QED) is 0.666. The van der Waals surface area contributed by atoms with Gasteiger partial charge < -0.3 is 19.1 Å². The van der Waals surface area contributed by atoms with Crippen LogP contribution in [0.3, 0.4) is 0 Å². The zero-order valence-corrected chi connectivity index (χ0v) is 20.0. The average molecular weight is 463 g/mol. The van der Waals surface area contributed by atoms with E-state index < -0.39 is 6.04 Å². The Morgan fingerprint density at radius 2 is 1.88 bits per heavy atom. The summed E-state index contributed by atoms with van der Waals surface area (Å²) < 4.78 is 17.3. The molecule has 1 aromatic carbocycles. The predicted molar refractivity (Wildman–Crippen MR) is 125 cm³/mol. The summed E-state index contributed by atoms with van der Waals surface area (Å²) >= 11 is 0. The van der Waals surface area contributed by atoms with E-state index in [4.69, 9.17) is 14.2 Å². The molecule has 2 aliphatic heterocycles. The highest BCUT2D eigenvalue weighted by atomic mass is 16.5. The van der Waals surface area contributed by atoms with Crippen LogP contribution < -0.4 is 9.47 Å². The van der Waals surface area contributed by atoms with E-state index in [1.807, 2.05) is 24.3 Å². The van der Waals surface area contributed by atoms with Crippen molar-refractivity contribution in [3.8, 4) is 11.5 Å². The van der Waals surface area contributed by atoms with E-state index in [1.165, 1.54) is 0 Å². The maximum absolute atomic E-state index is 14.0. The van der Waals surface area contributed by atoms with Gasteiger partial charge in [-0.3, -0.25) is 14.6 Å². The van der Waals surface area contributed by atoms with Crippen LogP contribution in [0.1, 0.15) is 43.9 Å². The fourth-order valence-corrected chi connectivity index (χ4v) is 5.84. The standard InChI is InChI=1S/C27H30N2O5/c1-15-10-16(2)25-19(11-15)24(30)22-23(18-7-8-20(32-3)21(12-18)33-4)29(27(31)26(22)34-25)14-17-6-5-9-28-13-17/h5-9,12-13,15-16,19,23,25H,10-11,14H2,1-4H3. The minimum atomic E-state index is -0.566. The molecule has 34 heavy (non-hydrogen) atoms. The molecule has 7 nitrogen and oxygen atoms in total. The molecule has 0 saturated heterocycles.